The molecule has 0 aliphatic rings. The van der Waals surface area contributed by atoms with Gasteiger partial charge in [-0.3, -0.25) is 9.36 Å². The first kappa shape index (κ1) is 17.2. The van der Waals surface area contributed by atoms with E-state index in [2.05, 4.69) is 11.6 Å². The second-order valence-electron chi connectivity index (χ2n) is 5.36. The molecule has 4 nitrogen and oxygen atoms in total. The van der Waals surface area contributed by atoms with Gasteiger partial charge in [0.05, 0.1) is 18.0 Å². The van der Waals surface area contributed by atoms with Gasteiger partial charge in [-0.05, 0) is 30.3 Å². The molecule has 0 aliphatic heterocycles. The lowest BCUT2D eigenvalue weighted by molar-refractivity contribution is 0.410. The van der Waals surface area contributed by atoms with E-state index in [1.807, 2.05) is 18.2 Å². The molecule has 0 aliphatic carbocycles. The molecule has 25 heavy (non-hydrogen) atoms. The maximum absolute atomic E-state index is 13.5. The van der Waals surface area contributed by atoms with Crippen molar-refractivity contribution in [2.45, 2.75) is 17.5 Å². The van der Waals surface area contributed by atoms with E-state index < -0.39 is 0 Å². The summed E-state index contributed by atoms with van der Waals surface area (Å²) in [5.74, 6) is 0.710. The van der Waals surface area contributed by atoms with Crippen molar-refractivity contribution in [2.24, 2.45) is 0 Å². The number of halogens is 1. The minimum atomic E-state index is -0.327. The van der Waals surface area contributed by atoms with Crippen molar-refractivity contribution in [3.05, 3.63) is 76.9 Å². The van der Waals surface area contributed by atoms with Gasteiger partial charge in [-0.1, -0.05) is 30.0 Å². The average Bonchev–Trinajstić information content (AvgIpc) is 2.63. The highest BCUT2D eigenvalue weighted by Gasteiger charge is 2.12. The van der Waals surface area contributed by atoms with E-state index >= 15 is 0 Å². The van der Waals surface area contributed by atoms with Crippen LogP contribution in [0.15, 0.2) is 65.1 Å². The first-order valence-corrected chi connectivity index (χ1v) is 8.68. The molecular weight excluding hydrogens is 339 g/mol. The Hall–Kier alpha value is -2.60. The largest absolute Gasteiger partial charge is 0.496 e. The van der Waals surface area contributed by atoms with Crippen LogP contribution in [0.2, 0.25) is 0 Å². The molecule has 0 amide bonds. The molecule has 0 fully saturated rings. The number of hydrogen-bond acceptors (Lipinski definition) is 4. The molecule has 0 saturated carbocycles. The van der Waals surface area contributed by atoms with Gasteiger partial charge < -0.3 is 4.74 Å². The van der Waals surface area contributed by atoms with Crippen LogP contribution in [0.1, 0.15) is 5.56 Å². The fourth-order valence-corrected chi connectivity index (χ4v) is 3.54. The third kappa shape index (κ3) is 3.58. The Morgan fingerprint density at radius 3 is 2.88 bits per heavy atom. The Labute approximate surface area is 149 Å². The van der Waals surface area contributed by atoms with Crippen molar-refractivity contribution >= 4 is 22.7 Å². The maximum atomic E-state index is 13.5. The van der Waals surface area contributed by atoms with Crippen molar-refractivity contribution in [1.29, 1.82) is 0 Å². The summed E-state index contributed by atoms with van der Waals surface area (Å²) < 4.78 is 20.4. The summed E-state index contributed by atoms with van der Waals surface area (Å²) in [6.07, 6.45) is 1.66. The number of fused-ring (bicyclic) bond motifs is 1. The molecule has 0 spiro atoms. The highest BCUT2D eigenvalue weighted by Crippen LogP contribution is 2.28. The lowest BCUT2D eigenvalue weighted by atomic mass is 10.2. The molecule has 2 aromatic carbocycles. The van der Waals surface area contributed by atoms with E-state index in [0.717, 1.165) is 0 Å². The Balaban J connectivity index is 2.01. The molecule has 1 aromatic heterocycles. The summed E-state index contributed by atoms with van der Waals surface area (Å²) >= 11 is 1.36. The van der Waals surface area contributed by atoms with E-state index in [1.54, 1.807) is 29.9 Å². The topological polar surface area (TPSA) is 44.1 Å². The Morgan fingerprint density at radius 2 is 2.12 bits per heavy atom. The van der Waals surface area contributed by atoms with Crippen molar-refractivity contribution in [3.8, 4) is 5.75 Å². The standard InChI is InChI=1S/C19H17FN2O2S/c1-3-10-22-18(23)15-6-4-5-7-16(15)21-19(22)25-12-13-11-14(20)8-9-17(13)24-2/h3-9,11H,1,10,12H2,2H3. The number of allylic oxidation sites excluding steroid dienone is 1. The third-order valence-electron chi connectivity index (χ3n) is 3.74. The molecule has 0 bridgehead atoms. The quantitative estimate of drug-likeness (QED) is 0.380. The van der Waals surface area contributed by atoms with E-state index in [9.17, 15) is 9.18 Å². The van der Waals surface area contributed by atoms with Gasteiger partial charge in [0.15, 0.2) is 5.16 Å². The summed E-state index contributed by atoms with van der Waals surface area (Å²) in [5, 5.41) is 1.13. The molecule has 3 rings (SSSR count). The zero-order chi connectivity index (χ0) is 17.8. The number of thioether (sulfide) groups is 1. The monoisotopic (exact) mass is 356 g/mol. The van der Waals surface area contributed by atoms with Gasteiger partial charge >= 0.3 is 0 Å². The fourth-order valence-electron chi connectivity index (χ4n) is 2.55. The van der Waals surface area contributed by atoms with Gasteiger partial charge in [-0.2, -0.15) is 0 Å². The van der Waals surface area contributed by atoms with Gasteiger partial charge in [-0.25, -0.2) is 9.37 Å². The predicted molar refractivity (Wildman–Crippen MR) is 98.7 cm³/mol. The summed E-state index contributed by atoms with van der Waals surface area (Å²) in [6.45, 7) is 4.07. The number of hydrogen-bond donors (Lipinski definition) is 0. The minimum Gasteiger partial charge on any atom is -0.496 e. The second kappa shape index (κ2) is 7.53. The van der Waals surface area contributed by atoms with E-state index in [-0.39, 0.29) is 11.4 Å². The number of para-hydroxylation sites is 1. The van der Waals surface area contributed by atoms with Gasteiger partial charge in [0.1, 0.15) is 11.6 Å². The van der Waals surface area contributed by atoms with Crippen LogP contribution in [0.25, 0.3) is 10.9 Å². The van der Waals surface area contributed by atoms with Crippen LogP contribution in [-0.4, -0.2) is 16.7 Å². The van der Waals surface area contributed by atoms with Gasteiger partial charge in [-0.15, -0.1) is 6.58 Å². The minimum absolute atomic E-state index is 0.112. The summed E-state index contributed by atoms with van der Waals surface area (Å²) in [4.78, 5) is 17.3. The Kier molecular flexibility index (Phi) is 5.19. The van der Waals surface area contributed by atoms with Crippen LogP contribution >= 0.6 is 11.8 Å². The predicted octanol–water partition coefficient (Wildman–Crippen LogP) is 4.02. The average molecular weight is 356 g/mol. The molecule has 0 unspecified atom stereocenters. The smallest absolute Gasteiger partial charge is 0.262 e. The molecular formula is C19H17FN2O2S. The van der Waals surface area contributed by atoms with Crippen molar-refractivity contribution in [2.75, 3.05) is 7.11 Å². The molecule has 0 saturated heterocycles. The van der Waals surface area contributed by atoms with E-state index in [4.69, 9.17) is 4.74 Å². The number of methoxy groups -OCH3 is 1. The maximum Gasteiger partial charge on any atom is 0.262 e. The number of rotatable bonds is 6. The first-order chi connectivity index (χ1) is 12.1. The van der Waals surface area contributed by atoms with Crippen molar-refractivity contribution < 1.29 is 9.13 Å². The fraction of sp³-hybridized carbons (Fsp3) is 0.158. The van der Waals surface area contributed by atoms with Gasteiger partial charge in [0.25, 0.3) is 5.56 Å². The normalized spacial score (nSPS) is 10.8. The van der Waals surface area contributed by atoms with Crippen molar-refractivity contribution in [3.63, 3.8) is 0 Å². The van der Waals surface area contributed by atoms with Crippen LogP contribution in [0, 0.1) is 5.82 Å². The van der Waals surface area contributed by atoms with Crippen molar-refractivity contribution in [1.82, 2.24) is 9.55 Å². The summed E-state index contributed by atoms with van der Waals surface area (Å²) in [5.41, 5.74) is 1.24. The van der Waals surface area contributed by atoms with Crippen LogP contribution < -0.4 is 10.3 Å². The highest BCUT2D eigenvalue weighted by molar-refractivity contribution is 7.98. The summed E-state index contributed by atoms with van der Waals surface area (Å²) in [7, 11) is 1.54. The summed E-state index contributed by atoms with van der Waals surface area (Å²) in [6, 6.07) is 11.6. The Bertz CT molecular complexity index is 985. The number of benzene rings is 2. The van der Waals surface area contributed by atoms with Gasteiger partial charge in [0.2, 0.25) is 0 Å². The molecule has 1 heterocycles. The lowest BCUT2D eigenvalue weighted by Gasteiger charge is -2.12. The SMILES string of the molecule is C=CCn1c(SCc2cc(F)ccc2OC)nc2ccccc2c1=O. The molecule has 128 valence electrons. The first-order valence-electron chi connectivity index (χ1n) is 7.69. The molecule has 6 heteroatoms. The molecule has 3 aromatic rings. The van der Waals surface area contributed by atoms with Crippen LogP contribution in [-0.2, 0) is 12.3 Å². The van der Waals surface area contributed by atoms with Crippen LogP contribution in [0.5, 0.6) is 5.75 Å². The van der Waals surface area contributed by atoms with E-state index in [1.165, 1.54) is 23.9 Å². The number of ether oxygens (including phenoxy) is 1. The third-order valence-corrected chi connectivity index (χ3v) is 4.76. The van der Waals surface area contributed by atoms with E-state index in [0.29, 0.717) is 39.7 Å². The second-order valence-corrected chi connectivity index (χ2v) is 6.30. The Morgan fingerprint density at radius 1 is 1.32 bits per heavy atom. The van der Waals surface area contributed by atoms with Crippen LogP contribution in [0.3, 0.4) is 0 Å². The lowest BCUT2D eigenvalue weighted by Crippen LogP contribution is -2.22. The van der Waals surface area contributed by atoms with Gasteiger partial charge in [0, 0.05) is 17.9 Å². The molecule has 0 atom stereocenters. The molecule has 0 radical (unpaired) electrons. The zero-order valence-corrected chi connectivity index (χ0v) is 14.6. The van der Waals surface area contributed by atoms with Crippen LogP contribution in [0.4, 0.5) is 4.39 Å². The highest BCUT2D eigenvalue weighted by atomic mass is 32.2. The molecule has 0 N–H and O–H groups in total. The zero-order valence-electron chi connectivity index (χ0n) is 13.7. The number of aromatic nitrogens is 2. The number of nitrogens with zero attached hydrogens (tertiary/aromatic N) is 2.